The van der Waals surface area contributed by atoms with Crippen LogP contribution in [0.5, 0.6) is 0 Å². The van der Waals surface area contributed by atoms with Crippen LogP contribution in [-0.4, -0.2) is 13.2 Å². The third kappa shape index (κ3) is 1.78. The predicted molar refractivity (Wildman–Crippen MR) is 59.2 cm³/mol. The minimum atomic E-state index is 0.217. The summed E-state index contributed by atoms with van der Waals surface area (Å²) >= 11 is 0. The van der Waals surface area contributed by atoms with Crippen molar-refractivity contribution in [1.82, 2.24) is 0 Å². The third-order valence-electron chi connectivity index (χ3n) is 4.42. The van der Waals surface area contributed by atoms with Gasteiger partial charge in [0.15, 0.2) is 0 Å². The van der Waals surface area contributed by atoms with E-state index >= 15 is 0 Å². The molecule has 84 valence electrons. The van der Waals surface area contributed by atoms with Crippen LogP contribution in [-0.2, 0) is 4.74 Å². The van der Waals surface area contributed by atoms with Crippen LogP contribution >= 0.6 is 0 Å². The first-order valence-corrected chi connectivity index (χ1v) is 6.31. The maximum atomic E-state index is 9.25. The zero-order chi connectivity index (χ0) is 10.7. The molecule has 0 aromatic rings. The largest absolute Gasteiger partial charge is 0.380 e. The van der Waals surface area contributed by atoms with Crippen LogP contribution in [0, 0.1) is 28.6 Å². The van der Waals surface area contributed by atoms with E-state index in [9.17, 15) is 5.26 Å². The van der Waals surface area contributed by atoms with E-state index in [4.69, 9.17) is 4.74 Å². The van der Waals surface area contributed by atoms with Crippen LogP contribution in [0.1, 0.15) is 45.4 Å². The van der Waals surface area contributed by atoms with E-state index in [-0.39, 0.29) is 11.3 Å². The van der Waals surface area contributed by atoms with Crippen LogP contribution in [0.25, 0.3) is 0 Å². The van der Waals surface area contributed by atoms with Gasteiger partial charge in [0.2, 0.25) is 0 Å². The van der Waals surface area contributed by atoms with Gasteiger partial charge < -0.3 is 4.74 Å². The van der Waals surface area contributed by atoms with Gasteiger partial charge in [-0.1, -0.05) is 26.2 Å². The van der Waals surface area contributed by atoms with E-state index in [2.05, 4.69) is 13.0 Å². The van der Waals surface area contributed by atoms with Crippen molar-refractivity contribution in [2.45, 2.75) is 45.4 Å². The Morgan fingerprint density at radius 2 is 2.00 bits per heavy atom. The number of rotatable bonds is 3. The lowest BCUT2D eigenvalue weighted by molar-refractivity contribution is -0.174. The zero-order valence-corrected chi connectivity index (χ0v) is 9.67. The Morgan fingerprint density at radius 3 is 2.40 bits per heavy atom. The molecule has 0 aromatic heterocycles. The number of nitrogens with zero attached hydrogens (tertiary/aromatic N) is 1. The van der Waals surface area contributed by atoms with Crippen molar-refractivity contribution in [3.05, 3.63) is 0 Å². The highest BCUT2D eigenvalue weighted by atomic mass is 16.5. The summed E-state index contributed by atoms with van der Waals surface area (Å²) in [5, 5.41) is 9.25. The molecular formula is C13H21NO. The lowest BCUT2D eigenvalue weighted by Crippen LogP contribution is -2.53. The molecule has 2 heteroatoms. The molecule has 1 aliphatic heterocycles. The van der Waals surface area contributed by atoms with Crippen molar-refractivity contribution >= 4 is 0 Å². The molecule has 2 rings (SSSR count). The van der Waals surface area contributed by atoms with Gasteiger partial charge in [0.05, 0.1) is 25.2 Å². The fourth-order valence-electron chi connectivity index (χ4n) is 3.36. The van der Waals surface area contributed by atoms with Gasteiger partial charge in [-0.05, 0) is 25.2 Å². The Hall–Kier alpha value is -0.550. The number of hydrogen-bond donors (Lipinski definition) is 0. The lowest BCUT2D eigenvalue weighted by Gasteiger charge is -2.51. The van der Waals surface area contributed by atoms with Crippen LogP contribution in [0.2, 0.25) is 0 Å². The molecule has 1 saturated carbocycles. The Labute approximate surface area is 92.6 Å². The third-order valence-corrected chi connectivity index (χ3v) is 4.42. The molecule has 0 amide bonds. The molecule has 2 aliphatic rings. The minimum absolute atomic E-state index is 0.217. The molecular weight excluding hydrogens is 186 g/mol. The van der Waals surface area contributed by atoms with Crippen molar-refractivity contribution in [2.75, 3.05) is 13.2 Å². The normalized spacial score (nSPS) is 27.7. The highest BCUT2D eigenvalue weighted by molar-refractivity contribution is 5.04. The summed E-state index contributed by atoms with van der Waals surface area (Å²) in [5.41, 5.74) is 0.226. The molecule has 1 unspecified atom stereocenters. The Kier molecular flexibility index (Phi) is 3.31. The number of nitriles is 1. The molecule has 15 heavy (non-hydrogen) atoms. The Bertz CT molecular complexity index is 246. The SMILES string of the molecule is CCC(C#N)C1(C2CCCCC2)COC1. The maximum Gasteiger partial charge on any atom is 0.0663 e. The molecule has 0 bridgehead atoms. The summed E-state index contributed by atoms with van der Waals surface area (Å²) in [6, 6.07) is 2.51. The molecule has 1 saturated heterocycles. The van der Waals surface area contributed by atoms with Crippen LogP contribution in [0.3, 0.4) is 0 Å². The molecule has 0 aromatic carbocycles. The van der Waals surface area contributed by atoms with Gasteiger partial charge in [-0.25, -0.2) is 0 Å². The summed E-state index contributed by atoms with van der Waals surface area (Å²) in [6.45, 7) is 3.81. The minimum Gasteiger partial charge on any atom is -0.380 e. The van der Waals surface area contributed by atoms with Gasteiger partial charge in [0.25, 0.3) is 0 Å². The Balaban J connectivity index is 2.09. The highest BCUT2D eigenvalue weighted by Gasteiger charge is 2.50. The summed E-state index contributed by atoms with van der Waals surface area (Å²) in [4.78, 5) is 0. The summed E-state index contributed by atoms with van der Waals surface area (Å²) in [5.74, 6) is 0.971. The van der Waals surface area contributed by atoms with Crippen LogP contribution in [0.4, 0.5) is 0 Å². The van der Waals surface area contributed by atoms with Crippen LogP contribution in [0.15, 0.2) is 0 Å². The van der Waals surface area contributed by atoms with Crippen molar-refractivity contribution in [1.29, 1.82) is 5.26 Å². The zero-order valence-electron chi connectivity index (χ0n) is 9.67. The second-order valence-corrected chi connectivity index (χ2v) is 5.15. The number of hydrogen-bond acceptors (Lipinski definition) is 2. The highest BCUT2D eigenvalue weighted by Crippen LogP contribution is 2.49. The van der Waals surface area contributed by atoms with Gasteiger partial charge in [-0.2, -0.15) is 5.26 Å². The van der Waals surface area contributed by atoms with Crippen molar-refractivity contribution < 1.29 is 4.74 Å². The molecule has 1 atom stereocenters. The summed E-state index contributed by atoms with van der Waals surface area (Å²) < 4.78 is 5.42. The van der Waals surface area contributed by atoms with Gasteiger partial charge in [-0.3, -0.25) is 0 Å². The van der Waals surface area contributed by atoms with Crippen molar-refractivity contribution in [2.24, 2.45) is 17.3 Å². The molecule has 0 radical (unpaired) electrons. The topological polar surface area (TPSA) is 33.0 Å². The second kappa shape index (κ2) is 4.53. The molecule has 2 nitrogen and oxygen atoms in total. The van der Waals surface area contributed by atoms with E-state index < -0.39 is 0 Å². The summed E-state index contributed by atoms with van der Waals surface area (Å²) in [6.07, 6.45) is 7.72. The van der Waals surface area contributed by atoms with Crippen molar-refractivity contribution in [3.8, 4) is 6.07 Å². The average molecular weight is 207 g/mol. The van der Waals surface area contributed by atoms with Gasteiger partial charge in [-0.15, -0.1) is 0 Å². The van der Waals surface area contributed by atoms with E-state index in [1.807, 2.05) is 0 Å². The first-order valence-electron chi connectivity index (χ1n) is 6.31. The van der Waals surface area contributed by atoms with Crippen molar-refractivity contribution in [3.63, 3.8) is 0 Å². The van der Waals surface area contributed by atoms with Gasteiger partial charge in [0, 0.05) is 5.41 Å². The quantitative estimate of drug-likeness (QED) is 0.712. The standard InChI is InChI=1S/C13H21NO/c1-2-11(8-14)13(9-15-10-13)12-6-4-3-5-7-12/h11-12H,2-7,9-10H2,1H3. The monoisotopic (exact) mass is 207 g/mol. The van der Waals surface area contributed by atoms with Crippen LogP contribution < -0.4 is 0 Å². The fraction of sp³-hybridized carbons (Fsp3) is 0.923. The van der Waals surface area contributed by atoms with E-state index in [1.54, 1.807) is 0 Å². The lowest BCUT2D eigenvalue weighted by atomic mass is 9.60. The van der Waals surface area contributed by atoms with E-state index in [1.165, 1.54) is 32.1 Å². The predicted octanol–water partition coefficient (Wildman–Crippen LogP) is 3.13. The van der Waals surface area contributed by atoms with Gasteiger partial charge in [0.1, 0.15) is 0 Å². The van der Waals surface area contributed by atoms with E-state index in [0.717, 1.165) is 25.6 Å². The average Bonchev–Trinajstić information content (AvgIpc) is 2.24. The Morgan fingerprint density at radius 1 is 1.33 bits per heavy atom. The van der Waals surface area contributed by atoms with Gasteiger partial charge >= 0.3 is 0 Å². The second-order valence-electron chi connectivity index (χ2n) is 5.15. The molecule has 2 fully saturated rings. The maximum absolute atomic E-state index is 9.25. The molecule has 1 aliphatic carbocycles. The smallest absolute Gasteiger partial charge is 0.0663 e. The fourth-order valence-corrected chi connectivity index (χ4v) is 3.36. The van der Waals surface area contributed by atoms with E-state index in [0.29, 0.717) is 0 Å². The first kappa shape index (κ1) is 11.0. The molecule has 1 heterocycles. The number of ether oxygens (including phenoxy) is 1. The molecule has 0 N–H and O–H groups in total. The first-order chi connectivity index (χ1) is 7.33. The molecule has 0 spiro atoms. The summed E-state index contributed by atoms with van der Waals surface area (Å²) in [7, 11) is 0.